The van der Waals surface area contributed by atoms with Crippen LogP contribution in [0.5, 0.6) is 0 Å². The lowest BCUT2D eigenvalue weighted by molar-refractivity contribution is -0.0906. The molecule has 2 aromatic rings. The standard InChI is InChI=1S/C20H24N4O3S/c1-12-15(11-21-23-12)19(26)24-7-5-20(6-8-24)17-13(4-9-27-20)10-16(28-17)18(25)22-14-2-3-14/h10-11,14H,2-9H2,1H3,(H,21,23)(H,22,25). The van der Waals surface area contributed by atoms with Crippen molar-refractivity contribution in [2.24, 2.45) is 0 Å². The van der Waals surface area contributed by atoms with Gasteiger partial charge in [0.05, 0.1) is 23.2 Å². The monoisotopic (exact) mass is 400 g/mol. The number of aryl methyl sites for hydroxylation is 1. The van der Waals surface area contributed by atoms with Gasteiger partial charge in [0.25, 0.3) is 11.8 Å². The van der Waals surface area contributed by atoms with Crippen molar-refractivity contribution >= 4 is 23.2 Å². The summed E-state index contributed by atoms with van der Waals surface area (Å²) < 4.78 is 6.28. The van der Waals surface area contributed by atoms with Crippen LogP contribution in [0.4, 0.5) is 0 Å². The van der Waals surface area contributed by atoms with E-state index in [4.69, 9.17) is 4.74 Å². The molecule has 0 atom stereocenters. The van der Waals surface area contributed by atoms with Crippen molar-refractivity contribution in [2.45, 2.75) is 50.7 Å². The van der Waals surface area contributed by atoms with Crippen molar-refractivity contribution < 1.29 is 14.3 Å². The molecular weight excluding hydrogens is 376 g/mol. The molecular formula is C20H24N4O3S. The summed E-state index contributed by atoms with van der Waals surface area (Å²) in [6, 6.07) is 2.41. The van der Waals surface area contributed by atoms with Gasteiger partial charge in [0.15, 0.2) is 0 Å². The van der Waals surface area contributed by atoms with Gasteiger partial charge in [-0.25, -0.2) is 0 Å². The third-order valence-corrected chi connectivity index (χ3v) is 7.39. The fraction of sp³-hybridized carbons (Fsp3) is 0.550. The second-order valence-corrected chi connectivity index (χ2v) is 9.06. The molecule has 1 saturated carbocycles. The first-order chi connectivity index (χ1) is 13.6. The normalized spacial score (nSPS) is 20.8. The summed E-state index contributed by atoms with van der Waals surface area (Å²) in [5.74, 6) is 0.0629. The number of likely N-dealkylation sites (tertiary alicyclic amines) is 1. The molecule has 0 unspecified atom stereocenters. The predicted octanol–water partition coefficient (Wildman–Crippen LogP) is 2.38. The van der Waals surface area contributed by atoms with E-state index in [2.05, 4.69) is 15.5 Å². The predicted molar refractivity (Wildman–Crippen MR) is 105 cm³/mol. The SMILES string of the molecule is Cc1[nH]ncc1C(=O)N1CCC2(CC1)OCCc1cc(C(=O)NC3CC3)sc12. The number of amides is 2. The Bertz CT molecular complexity index is 922. The van der Waals surface area contributed by atoms with Gasteiger partial charge in [0.1, 0.15) is 5.60 Å². The largest absolute Gasteiger partial charge is 0.369 e. The van der Waals surface area contributed by atoms with Gasteiger partial charge in [0.2, 0.25) is 0 Å². The number of aromatic nitrogens is 2. The number of hydrogen-bond acceptors (Lipinski definition) is 5. The number of fused-ring (bicyclic) bond motifs is 2. The lowest BCUT2D eigenvalue weighted by Gasteiger charge is -2.43. The highest BCUT2D eigenvalue weighted by atomic mass is 32.1. The van der Waals surface area contributed by atoms with E-state index in [-0.39, 0.29) is 17.4 Å². The number of H-pyrrole nitrogens is 1. The van der Waals surface area contributed by atoms with E-state index >= 15 is 0 Å². The zero-order valence-corrected chi connectivity index (χ0v) is 16.7. The van der Waals surface area contributed by atoms with Gasteiger partial charge in [-0.05, 0) is 50.7 Å². The minimum absolute atomic E-state index is 0.0211. The summed E-state index contributed by atoms with van der Waals surface area (Å²) in [5, 5.41) is 9.88. The smallest absolute Gasteiger partial charge is 0.261 e. The van der Waals surface area contributed by atoms with Crippen LogP contribution in [0.25, 0.3) is 0 Å². The Hall–Kier alpha value is -2.19. The summed E-state index contributed by atoms with van der Waals surface area (Å²) in [5.41, 5.74) is 2.31. The van der Waals surface area contributed by atoms with Crippen LogP contribution in [0.3, 0.4) is 0 Å². The fourth-order valence-electron chi connectivity index (χ4n) is 4.20. The molecule has 3 aliphatic rings. The van der Waals surface area contributed by atoms with Crippen LogP contribution in [0, 0.1) is 6.92 Å². The van der Waals surface area contributed by atoms with Crippen LogP contribution in [0.1, 0.15) is 61.8 Å². The number of nitrogens with zero attached hydrogens (tertiary/aromatic N) is 2. The highest BCUT2D eigenvalue weighted by Gasteiger charge is 2.44. The van der Waals surface area contributed by atoms with Crippen molar-refractivity contribution in [3.63, 3.8) is 0 Å². The second-order valence-electron chi connectivity index (χ2n) is 8.01. The number of aromatic amines is 1. The van der Waals surface area contributed by atoms with Crippen LogP contribution in [0.15, 0.2) is 12.3 Å². The van der Waals surface area contributed by atoms with Crippen molar-refractivity contribution in [3.8, 4) is 0 Å². The van der Waals surface area contributed by atoms with Crippen LogP contribution in [0.2, 0.25) is 0 Å². The molecule has 2 amide bonds. The van der Waals surface area contributed by atoms with Crippen LogP contribution in [-0.4, -0.2) is 52.6 Å². The molecule has 1 spiro atoms. The number of carbonyl (C=O) groups is 2. The lowest BCUT2D eigenvalue weighted by Crippen LogP contribution is -2.47. The minimum Gasteiger partial charge on any atom is -0.369 e. The zero-order chi connectivity index (χ0) is 19.3. The Balaban J connectivity index is 1.33. The van der Waals surface area contributed by atoms with Crippen molar-refractivity contribution in [1.82, 2.24) is 20.4 Å². The third-order valence-electron chi connectivity index (χ3n) is 6.03. The maximum atomic E-state index is 12.8. The molecule has 2 N–H and O–H groups in total. The number of carbonyl (C=O) groups excluding carboxylic acids is 2. The van der Waals surface area contributed by atoms with Gasteiger partial charge < -0.3 is 15.0 Å². The Labute approximate surface area is 167 Å². The average molecular weight is 401 g/mol. The topological polar surface area (TPSA) is 87.3 Å². The quantitative estimate of drug-likeness (QED) is 0.828. The number of ether oxygens (including phenoxy) is 1. The molecule has 1 saturated heterocycles. The Morgan fingerprint density at radius 3 is 2.82 bits per heavy atom. The molecule has 4 heterocycles. The summed E-state index contributed by atoms with van der Waals surface area (Å²) in [6.07, 6.45) is 6.13. The molecule has 2 fully saturated rings. The van der Waals surface area contributed by atoms with Gasteiger partial charge in [-0.15, -0.1) is 11.3 Å². The number of rotatable bonds is 3. The maximum absolute atomic E-state index is 12.8. The van der Waals surface area contributed by atoms with Crippen molar-refractivity contribution in [1.29, 1.82) is 0 Å². The molecule has 0 bridgehead atoms. The number of piperidine rings is 1. The fourth-order valence-corrected chi connectivity index (χ4v) is 5.51. The third kappa shape index (κ3) is 3.04. The van der Waals surface area contributed by atoms with Gasteiger partial charge in [0, 0.05) is 29.7 Å². The van der Waals surface area contributed by atoms with Gasteiger partial charge in [-0.3, -0.25) is 14.7 Å². The highest BCUT2D eigenvalue weighted by Crippen LogP contribution is 2.45. The number of nitrogens with one attached hydrogen (secondary N) is 2. The van der Waals surface area contributed by atoms with Gasteiger partial charge in [-0.1, -0.05) is 0 Å². The summed E-state index contributed by atoms with van der Waals surface area (Å²) in [4.78, 5) is 29.1. The second kappa shape index (κ2) is 6.70. The van der Waals surface area contributed by atoms with Crippen molar-refractivity contribution in [3.05, 3.63) is 38.8 Å². The van der Waals surface area contributed by atoms with Gasteiger partial charge in [-0.2, -0.15) is 5.10 Å². The molecule has 7 nitrogen and oxygen atoms in total. The van der Waals surface area contributed by atoms with E-state index in [1.807, 2.05) is 17.9 Å². The van der Waals surface area contributed by atoms with Crippen molar-refractivity contribution in [2.75, 3.05) is 19.7 Å². The molecule has 28 heavy (non-hydrogen) atoms. The molecule has 5 rings (SSSR count). The van der Waals surface area contributed by atoms with E-state index in [1.165, 1.54) is 10.4 Å². The van der Waals surface area contributed by atoms with E-state index in [9.17, 15) is 9.59 Å². The molecule has 2 aromatic heterocycles. The molecule has 8 heteroatoms. The minimum atomic E-state index is -0.363. The summed E-state index contributed by atoms with van der Waals surface area (Å²) in [7, 11) is 0. The summed E-state index contributed by atoms with van der Waals surface area (Å²) in [6.45, 7) is 3.82. The van der Waals surface area contributed by atoms with E-state index < -0.39 is 0 Å². The molecule has 1 aliphatic carbocycles. The molecule has 0 aromatic carbocycles. The Morgan fingerprint density at radius 1 is 1.36 bits per heavy atom. The first-order valence-corrected chi connectivity index (χ1v) is 10.7. The molecule has 0 radical (unpaired) electrons. The Kier molecular flexibility index (Phi) is 4.28. The van der Waals surface area contributed by atoms with E-state index in [0.717, 1.165) is 42.7 Å². The van der Waals surface area contributed by atoms with Crippen LogP contribution < -0.4 is 5.32 Å². The van der Waals surface area contributed by atoms with E-state index in [1.54, 1.807) is 17.5 Å². The highest BCUT2D eigenvalue weighted by molar-refractivity contribution is 7.14. The number of thiophene rings is 1. The molecule has 2 aliphatic heterocycles. The maximum Gasteiger partial charge on any atom is 0.261 e. The summed E-state index contributed by atoms with van der Waals surface area (Å²) >= 11 is 1.57. The molecule has 148 valence electrons. The van der Waals surface area contributed by atoms with Gasteiger partial charge >= 0.3 is 0 Å². The zero-order valence-electron chi connectivity index (χ0n) is 15.9. The Morgan fingerprint density at radius 2 is 2.14 bits per heavy atom. The van der Waals surface area contributed by atoms with Crippen LogP contribution >= 0.6 is 11.3 Å². The van der Waals surface area contributed by atoms with Crippen LogP contribution in [-0.2, 0) is 16.8 Å². The first-order valence-electron chi connectivity index (χ1n) is 9.93. The average Bonchev–Trinajstić information content (AvgIpc) is 3.22. The number of hydrogen-bond donors (Lipinski definition) is 2. The van der Waals surface area contributed by atoms with E-state index in [0.29, 0.717) is 31.3 Å². The lowest BCUT2D eigenvalue weighted by atomic mass is 9.85. The first kappa shape index (κ1) is 17.9.